The number of nitrogens with one attached hydrogen (secondary N) is 1. The second-order valence-corrected chi connectivity index (χ2v) is 5.68. The van der Waals surface area contributed by atoms with Crippen LogP contribution in [0.25, 0.3) is 0 Å². The van der Waals surface area contributed by atoms with Gasteiger partial charge < -0.3 is 5.32 Å². The maximum atomic E-state index is 13.1. The molecule has 2 rings (SSSR count). The molecular weight excluding hydrogens is 320 g/mol. The second-order valence-electron chi connectivity index (χ2n) is 4.45. The molecule has 0 fully saturated rings. The zero-order valence-electron chi connectivity index (χ0n) is 10.8. The van der Waals surface area contributed by atoms with Crippen LogP contribution >= 0.6 is 34.8 Å². The molecule has 0 aliphatic rings. The summed E-state index contributed by atoms with van der Waals surface area (Å²) in [6.07, 6.45) is 0.633. The fourth-order valence-corrected chi connectivity index (χ4v) is 2.57. The van der Waals surface area contributed by atoms with Crippen LogP contribution < -0.4 is 5.32 Å². The van der Waals surface area contributed by atoms with Gasteiger partial charge in [0.15, 0.2) is 0 Å². The van der Waals surface area contributed by atoms with Gasteiger partial charge in [0.25, 0.3) is 0 Å². The van der Waals surface area contributed by atoms with E-state index in [-0.39, 0.29) is 11.9 Å². The lowest BCUT2D eigenvalue weighted by Crippen LogP contribution is -2.19. The molecule has 0 amide bonds. The number of benzene rings is 2. The highest BCUT2D eigenvalue weighted by Crippen LogP contribution is 2.28. The van der Waals surface area contributed by atoms with Gasteiger partial charge in [-0.15, -0.1) is 0 Å². The lowest BCUT2D eigenvalue weighted by atomic mass is 9.99. The van der Waals surface area contributed by atoms with Crippen LogP contribution in [-0.4, -0.2) is 7.05 Å². The van der Waals surface area contributed by atoms with Gasteiger partial charge in [0.1, 0.15) is 5.82 Å². The van der Waals surface area contributed by atoms with E-state index in [9.17, 15) is 4.39 Å². The summed E-state index contributed by atoms with van der Waals surface area (Å²) >= 11 is 18.0. The van der Waals surface area contributed by atoms with E-state index in [0.29, 0.717) is 21.5 Å². The first kappa shape index (κ1) is 15.6. The Kier molecular flexibility index (Phi) is 5.28. The predicted octanol–water partition coefficient (Wildman–Crippen LogP) is 5.29. The smallest absolute Gasteiger partial charge is 0.124 e. The molecule has 5 heteroatoms. The molecule has 0 saturated carbocycles. The summed E-state index contributed by atoms with van der Waals surface area (Å²) in [6.45, 7) is 0. The average molecular weight is 333 g/mol. The minimum atomic E-state index is -0.339. The molecule has 20 heavy (non-hydrogen) atoms. The molecule has 2 aromatic carbocycles. The second kappa shape index (κ2) is 6.77. The van der Waals surface area contributed by atoms with Crippen LogP contribution in [0.5, 0.6) is 0 Å². The van der Waals surface area contributed by atoms with Gasteiger partial charge in [-0.05, 0) is 48.9 Å². The van der Waals surface area contributed by atoms with E-state index >= 15 is 0 Å². The highest BCUT2D eigenvalue weighted by molar-refractivity contribution is 6.42. The zero-order valence-corrected chi connectivity index (χ0v) is 13.0. The van der Waals surface area contributed by atoms with Crippen LogP contribution in [0.15, 0.2) is 36.4 Å². The first-order valence-corrected chi connectivity index (χ1v) is 7.21. The van der Waals surface area contributed by atoms with E-state index in [1.54, 1.807) is 12.1 Å². The summed E-state index contributed by atoms with van der Waals surface area (Å²) < 4.78 is 13.1. The number of halogens is 4. The van der Waals surface area contributed by atoms with Crippen molar-refractivity contribution in [1.29, 1.82) is 0 Å². The molecule has 0 aliphatic carbocycles. The molecule has 0 aromatic heterocycles. The minimum absolute atomic E-state index is 0.0210. The summed E-state index contributed by atoms with van der Waals surface area (Å²) in [5, 5.41) is 4.65. The van der Waals surface area contributed by atoms with E-state index in [4.69, 9.17) is 34.8 Å². The fourth-order valence-electron chi connectivity index (χ4n) is 2.02. The fraction of sp³-hybridized carbons (Fsp3) is 0.200. The van der Waals surface area contributed by atoms with Crippen molar-refractivity contribution >= 4 is 34.8 Å². The minimum Gasteiger partial charge on any atom is -0.313 e. The van der Waals surface area contributed by atoms with Crippen molar-refractivity contribution in [2.24, 2.45) is 0 Å². The third-order valence-electron chi connectivity index (χ3n) is 3.13. The predicted molar refractivity (Wildman–Crippen MR) is 83.4 cm³/mol. The maximum Gasteiger partial charge on any atom is 0.124 e. The molecule has 0 saturated heterocycles. The third kappa shape index (κ3) is 3.64. The van der Waals surface area contributed by atoms with Crippen molar-refractivity contribution in [3.8, 4) is 0 Å². The summed E-state index contributed by atoms with van der Waals surface area (Å²) in [5.74, 6) is -0.339. The standard InChI is InChI=1S/C15H13Cl3FN/c1-20-15(10-3-5-12(16)14(18)6-10)7-9-2-4-11(19)8-13(9)17/h2-6,8,15,20H,7H2,1H3. The van der Waals surface area contributed by atoms with Gasteiger partial charge in [0.05, 0.1) is 10.0 Å². The first-order valence-electron chi connectivity index (χ1n) is 6.07. The third-order valence-corrected chi connectivity index (χ3v) is 4.22. The van der Waals surface area contributed by atoms with Crippen LogP contribution in [0, 0.1) is 5.82 Å². The van der Waals surface area contributed by atoms with Crippen molar-refractivity contribution in [1.82, 2.24) is 5.32 Å². The summed E-state index contributed by atoms with van der Waals surface area (Å²) in [7, 11) is 1.85. The highest BCUT2D eigenvalue weighted by atomic mass is 35.5. The monoisotopic (exact) mass is 331 g/mol. The average Bonchev–Trinajstić information content (AvgIpc) is 2.41. The lowest BCUT2D eigenvalue weighted by Gasteiger charge is -2.18. The number of hydrogen-bond donors (Lipinski definition) is 1. The Morgan fingerprint density at radius 3 is 2.35 bits per heavy atom. The van der Waals surface area contributed by atoms with Crippen LogP contribution in [0.2, 0.25) is 15.1 Å². The number of likely N-dealkylation sites (N-methyl/N-ethyl adjacent to an activating group) is 1. The summed E-state index contributed by atoms with van der Waals surface area (Å²) in [6, 6.07) is 9.93. The van der Waals surface area contributed by atoms with E-state index in [1.807, 2.05) is 19.2 Å². The molecule has 1 unspecified atom stereocenters. The van der Waals surface area contributed by atoms with E-state index in [0.717, 1.165) is 11.1 Å². The van der Waals surface area contributed by atoms with E-state index < -0.39 is 0 Å². The maximum absolute atomic E-state index is 13.1. The van der Waals surface area contributed by atoms with Crippen molar-refractivity contribution in [2.75, 3.05) is 7.05 Å². The zero-order chi connectivity index (χ0) is 14.7. The molecule has 0 radical (unpaired) electrons. The van der Waals surface area contributed by atoms with E-state index in [1.165, 1.54) is 12.1 Å². The van der Waals surface area contributed by atoms with Crippen LogP contribution in [0.1, 0.15) is 17.2 Å². The molecule has 2 aromatic rings. The Labute approximate surface area is 132 Å². The molecule has 1 nitrogen and oxygen atoms in total. The van der Waals surface area contributed by atoms with Gasteiger partial charge in [-0.1, -0.05) is 46.9 Å². The van der Waals surface area contributed by atoms with Gasteiger partial charge in [-0.3, -0.25) is 0 Å². The summed E-state index contributed by atoms with van der Waals surface area (Å²) in [4.78, 5) is 0. The molecule has 1 atom stereocenters. The molecule has 0 spiro atoms. The molecule has 0 aliphatic heterocycles. The Balaban J connectivity index is 2.26. The first-order chi connectivity index (χ1) is 9.51. The molecule has 106 valence electrons. The molecule has 0 heterocycles. The number of hydrogen-bond acceptors (Lipinski definition) is 1. The topological polar surface area (TPSA) is 12.0 Å². The van der Waals surface area contributed by atoms with Crippen LogP contribution in [0.4, 0.5) is 4.39 Å². The Morgan fingerprint density at radius 2 is 1.75 bits per heavy atom. The van der Waals surface area contributed by atoms with Crippen molar-refractivity contribution < 1.29 is 4.39 Å². The van der Waals surface area contributed by atoms with Gasteiger partial charge >= 0.3 is 0 Å². The molecule has 1 N–H and O–H groups in total. The van der Waals surface area contributed by atoms with Gasteiger partial charge in [-0.2, -0.15) is 0 Å². The normalized spacial score (nSPS) is 12.4. The number of rotatable bonds is 4. The van der Waals surface area contributed by atoms with Gasteiger partial charge in [0.2, 0.25) is 0 Å². The Morgan fingerprint density at radius 1 is 1.00 bits per heavy atom. The molecule has 0 bridgehead atoms. The van der Waals surface area contributed by atoms with Gasteiger partial charge in [0, 0.05) is 11.1 Å². The largest absolute Gasteiger partial charge is 0.313 e. The highest BCUT2D eigenvalue weighted by Gasteiger charge is 2.14. The van der Waals surface area contributed by atoms with E-state index in [2.05, 4.69) is 5.32 Å². The Hall–Kier alpha value is -0.800. The summed E-state index contributed by atoms with van der Waals surface area (Å²) in [5.41, 5.74) is 1.88. The van der Waals surface area contributed by atoms with Crippen molar-refractivity contribution in [3.63, 3.8) is 0 Å². The van der Waals surface area contributed by atoms with Crippen molar-refractivity contribution in [3.05, 3.63) is 68.4 Å². The van der Waals surface area contributed by atoms with Crippen molar-refractivity contribution in [2.45, 2.75) is 12.5 Å². The SMILES string of the molecule is CNC(Cc1ccc(F)cc1Cl)c1ccc(Cl)c(Cl)c1. The quantitative estimate of drug-likeness (QED) is 0.802. The lowest BCUT2D eigenvalue weighted by molar-refractivity contribution is 0.589. The Bertz CT molecular complexity index is 616. The van der Waals surface area contributed by atoms with Gasteiger partial charge in [-0.25, -0.2) is 4.39 Å². The molecular formula is C15H13Cl3FN. The van der Waals surface area contributed by atoms with Crippen LogP contribution in [0.3, 0.4) is 0 Å². The van der Waals surface area contributed by atoms with Crippen LogP contribution in [-0.2, 0) is 6.42 Å².